The zero-order valence-electron chi connectivity index (χ0n) is 19.0. The van der Waals surface area contributed by atoms with Gasteiger partial charge in [0.25, 0.3) is 5.91 Å². The van der Waals surface area contributed by atoms with Crippen molar-refractivity contribution in [3.63, 3.8) is 0 Å². The van der Waals surface area contributed by atoms with E-state index < -0.39 is 6.04 Å². The molecule has 1 fully saturated rings. The lowest BCUT2D eigenvalue weighted by Crippen LogP contribution is -2.52. The Morgan fingerprint density at radius 3 is 2.44 bits per heavy atom. The molecule has 2 aromatic carbocycles. The van der Waals surface area contributed by atoms with Gasteiger partial charge in [0.1, 0.15) is 11.8 Å². The number of hydrogen-bond donors (Lipinski definition) is 1. The molecule has 1 atom stereocenters. The first-order valence-corrected chi connectivity index (χ1v) is 13.3. The van der Waals surface area contributed by atoms with E-state index in [1.165, 1.54) is 6.42 Å². The highest BCUT2D eigenvalue weighted by Crippen LogP contribution is 2.28. The third-order valence-electron chi connectivity index (χ3n) is 5.92. The lowest BCUT2D eigenvalue weighted by molar-refractivity contribution is -0.143. The second kappa shape index (κ2) is 13.0. The molecule has 0 heterocycles. The number of carbonyl (C=O) groups is 2. The largest absolute Gasteiger partial charge is 0.482 e. The predicted octanol–water partition coefficient (Wildman–Crippen LogP) is 7.04. The number of benzene rings is 2. The van der Waals surface area contributed by atoms with Crippen LogP contribution in [0.2, 0.25) is 15.1 Å². The number of ether oxygens (including phenoxy) is 1. The molecule has 1 aliphatic rings. The molecule has 9 heteroatoms. The first-order valence-electron chi connectivity index (χ1n) is 11.4. The van der Waals surface area contributed by atoms with Gasteiger partial charge in [-0.1, -0.05) is 83.0 Å². The molecule has 0 aliphatic heterocycles. The summed E-state index contributed by atoms with van der Waals surface area (Å²) in [6.45, 7) is 1.84. The molecule has 1 N–H and O–H groups in total. The zero-order chi connectivity index (χ0) is 24.7. The van der Waals surface area contributed by atoms with E-state index in [4.69, 9.17) is 39.5 Å². The molecule has 0 spiro atoms. The van der Waals surface area contributed by atoms with Gasteiger partial charge in [0.2, 0.25) is 5.91 Å². The molecule has 1 unspecified atom stereocenters. The Kier molecular flexibility index (Phi) is 10.4. The topological polar surface area (TPSA) is 58.6 Å². The average Bonchev–Trinajstić information content (AvgIpc) is 2.81. The fraction of sp³-hybridized carbons (Fsp3) is 0.440. The Morgan fingerprint density at radius 2 is 1.79 bits per heavy atom. The van der Waals surface area contributed by atoms with Gasteiger partial charge < -0.3 is 15.0 Å². The molecule has 1 saturated carbocycles. The summed E-state index contributed by atoms with van der Waals surface area (Å²) in [4.78, 5) is 28.1. The molecule has 2 aromatic rings. The minimum absolute atomic E-state index is 0.148. The van der Waals surface area contributed by atoms with E-state index in [0.717, 1.165) is 35.7 Å². The highest BCUT2D eigenvalue weighted by molar-refractivity contribution is 9.10. The van der Waals surface area contributed by atoms with Crippen molar-refractivity contribution < 1.29 is 14.3 Å². The van der Waals surface area contributed by atoms with Crippen molar-refractivity contribution in [3.8, 4) is 5.75 Å². The van der Waals surface area contributed by atoms with Gasteiger partial charge in [-0.25, -0.2) is 0 Å². The van der Waals surface area contributed by atoms with E-state index >= 15 is 0 Å². The summed E-state index contributed by atoms with van der Waals surface area (Å²) in [7, 11) is 0. The Bertz CT molecular complexity index is 1010. The minimum Gasteiger partial charge on any atom is -0.482 e. The number of halogens is 4. The average molecular weight is 591 g/mol. The van der Waals surface area contributed by atoms with Crippen molar-refractivity contribution in [1.29, 1.82) is 0 Å². The van der Waals surface area contributed by atoms with Gasteiger partial charge in [-0.3, -0.25) is 9.59 Å². The van der Waals surface area contributed by atoms with E-state index in [9.17, 15) is 9.59 Å². The normalized spacial score (nSPS) is 15.0. The second-order valence-corrected chi connectivity index (χ2v) is 10.5. The van der Waals surface area contributed by atoms with Gasteiger partial charge in [-0.2, -0.15) is 0 Å². The predicted molar refractivity (Wildman–Crippen MR) is 141 cm³/mol. The van der Waals surface area contributed by atoms with Crippen molar-refractivity contribution in [1.82, 2.24) is 10.2 Å². The molecular weight excluding hydrogens is 563 g/mol. The van der Waals surface area contributed by atoms with Gasteiger partial charge in [0.05, 0.1) is 15.1 Å². The molecule has 1 aliphatic carbocycles. The fourth-order valence-corrected chi connectivity index (χ4v) is 5.16. The fourth-order valence-electron chi connectivity index (χ4n) is 4.11. The highest BCUT2D eigenvalue weighted by atomic mass is 79.9. The third kappa shape index (κ3) is 7.51. The Labute approximate surface area is 224 Å². The molecule has 34 heavy (non-hydrogen) atoms. The summed E-state index contributed by atoms with van der Waals surface area (Å²) in [5, 5.41) is 4.36. The van der Waals surface area contributed by atoms with Crippen LogP contribution in [0.25, 0.3) is 0 Å². The van der Waals surface area contributed by atoms with Crippen LogP contribution in [0.15, 0.2) is 40.9 Å². The van der Waals surface area contributed by atoms with Crippen molar-refractivity contribution in [3.05, 3.63) is 61.5 Å². The molecule has 0 aromatic heterocycles. The van der Waals surface area contributed by atoms with Crippen LogP contribution in [0.3, 0.4) is 0 Å². The summed E-state index contributed by atoms with van der Waals surface area (Å²) < 4.78 is 6.52. The first kappa shape index (κ1) is 27.1. The maximum absolute atomic E-state index is 13.4. The number of hydrogen-bond acceptors (Lipinski definition) is 3. The highest BCUT2D eigenvalue weighted by Gasteiger charge is 2.30. The summed E-state index contributed by atoms with van der Waals surface area (Å²) in [6.07, 6.45) is 5.80. The molecule has 184 valence electrons. The monoisotopic (exact) mass is 588 g/mol. The van der Waals surface area contributed by atoms with Crippen molar-refractivity contribution in [2.24, 2.45) is 0 Å². The Hall–Kier alpha value is -1.47. The van der Waals surface area contributed by atoms with Crippen LogP contribution in [0.1, 0.15) is 51.0 Å². The van der Waals surface area contributed by atoms with Crippen LogP contribution in [-0.2, 0) is 16.1 Å². The number of rotatable bonds is 9. The molecular formula is C25H28BrCl3N2O3. The van der Waals surface area contributed by atoms with Crippen molar-refractivity contribution in [2.45, 2.75) is 64.1 Å². The molecule has 0 radical (unpaired) electrons. The van der Waals surface area contributed by atoms with Crippen LogP contribution in [0.5, 0.6) is 5.75 Å². The number of carbonyl (C=O) groups excluding carboxylic acids is 2. The van der Waals surface area contributed by atoms with Gasteiger partial charge in [0.15, 0.2) is 6.61 Å². The van der Waals surface area contributed by atoms with Gasteiger partial charge in [-0.15, -0.1) is 0 Å². The van der Waals surface area contributed by atoms with Crippen molar-refractivity contribution >= 4 is 62.5 Å². The SMILES string of the molecule is CCC(C(=O)NC1CCCCC1)N(Cc1ccc(Cl)c(Cl)c1)C(=O)COc1ccc(Br)cc1Cl. The Morgan fingerprint density at radius 1 is 1.06 bits per heavy atom. The van der Waals surface area contributed by atoms with Crippen LogP contribution in [0, 0.1) is 0 Å². The number of amides is 2. The van der Waals surface area contributed by atoms with Crippen LogP contribution < -0.4 is 10.1 Å². The summed E-state index contributed by atoms with van der Waals surface area (Å²) in [5.41, 5.74) is 0.772. The lowest BCUT2D eigenvalue weighted by atomic mass is 9.95. The zero-order valence-corrected chi connectivity index (χ0v) is 22.8. The number of nitrogens with zero attached hydrogens (tertiary/aromatic N) is 1. The maximum Gasteiger partial charge on any atom is 0.261 e. The molecule has 2 amide bonds. The van der Waals surface area contributed by atoms with E-state index in [2.05, 4.69) is 21.2 Å². The first-order chi connectivity index (χ1) is 16.3. The van der Waals surface area contributed by atoms with Gasteiger partial charge >= 0.3 is 0 Å². The van der Waals surface area contributed by atoms with Crippen LogP contribution in [0.4, 0.5) is 0 Å². The van der Waals surface area contributed by atoms with E-state index in [0.29, 0.717) is 27.2 Å². The maximum atomic E-state index is 13.4. The van der Waals surface area contributed by atoms with Gasteiger partial charge in [-0.05, 0) is 55.2 Å². The Balaban J connectivity index is 1.79. The van der Waals surface area contributed by atoms with Crippen LogP contribution >= 0.6 is 50.7 Å². The molecule has 0 saturated heterocycles. The van der Waals surface area contributed by atoms with Crippen molar-refractivity contribution in [2.75, 3.05) is 6.61 Å². The minimum atomic E-state index is -0.645. The second-order valence-electron chi connectivity index (χ2n) is 8.40. The van der Waals surface area contributed by atoms with E-state index in [-0.39, 0.29) is 31.0 Å². The summed E-state index contributed by atoms with van der Waals surface area (Å²) in [5.74, 6) is -0.0763. The summed E-state index contributed by atoms with van der Waals surface area (Å²) in [6, 6.07) is 9.86. The molecule has 5 nitrogen and oxygen atoms in total. The van der Waals surface area contributed by atoms with Crippen LogP contribution in [-0.4, -0.2) is 35.4 Å². The molecule has 0 bridgehead atoms. The standard InChI is InChI=1S/C25H28BrCl3N2O3/c1-2-22(25(33)30-18-6-4-3-5-7-18)31(14-16-8-10-19(27)20(28)12-16)24(32)15-34-23-11-9-17(26)13-21(23)29/h8-13,18,22H,2-7,14-15H2,1H3,(H,30,33). The lowest BCUT2D eigenvalue weighted by Gasteiger charge is -2.32. The van der Waals surface area contributed by atoms with Gasteiger partial charge in [0, 0.05) is 17.1 Å². The number of nitrogens with one attached hydrogen (secondary N) is 1. The smallest absolute Gasteiger partial charge is 0.261 e. The molecule has 3 rings (SSSR count). The third-order valence-corrected chi connectivity index (χ3v) is 7.45. The van der Waals surface area contributed by atoms with E-state index in [1.54, 1.807) is 41.3 Å². The quantitative estimate of drug-likeness (QED) is 0.341. The van der Waals surface area contributed by atoms with E-state index in [1.807, 2.05) is 6.92 Å². The summed E-state index contributed by atoms with van der Waals surface area (Å²) >= 11 is 21.8.